The zero-order valence-corrected chi connectivity index (χ0v) is 16.6. The smallest absolute Gasteiger partial charge is 0.191 e. The van der Waals surface area contributed by atoms with E-state index in [0.717, 1.165) is 65.0 Å². The molecular formula is C20H35N5O. The van der Waals surface area contributed by atoms with Crippen LogP contribution in [0.2, 0.25) is 0 Å². The Kier molecular flexibility index (Phi) is 9.45. The Labute approximate surface area is 158 Å². The molecule has 0 spiro atoms. The van der Waals surface area contributed by atoms with Gasteiger partial charge in [0.2, 0.25) is 0 Å². The van der Waals surface area contributed by atoms with E-state index in [2.05, 4.69) is 69.6 Å². The van der Waals surface area contributed by atoms with Crippen molar-refractivity contribution < 1.29 is 4.74 Å². The number of rotatable bonds is 9. The fourth-order valence-electron chi connectivity index (χ4n) is 3.37. The van der Waals surface area contributed by atoms with Crippen molar-refractivity contribution in [2.24, 2.45) is 4.99 Å². The molecule has 0 bridgehead atoms. The number of guanidine groups is 1. The molecule has 1 aromatic carbocycles. The largest absolute Gasteiger partial charge is 0.379 e. The van der Waals surface area contributed by atoms with Crippen molar-refractivity contribution >= 4 is 5.96 Å². The molecule has 6 heteroatoms. The number of hydrogen-bond donors (Lipinski definition) is 2. The minimum absolute atomic E-state index is 0.337. The summed E-state index contributed by atoms with van der Waals surface area (Å²) in [6.07, 6.45) is 0. The second-order valence-corrected chi connectivity index (χ2v) is 6.48. The van der Waals surface area contributed by atoms with Gasteiger partial charge in [0.15, 0.2) is 5.96 Å². The molecule has 2 rings (SSSR count). The van der Waals surface area contributed by atoms with Crippen molar-refractivity contribution in [1.29, 1.82) is 0 Å². The molecular weight excluding hydrogens is 326 g/mol. The van der Waals surface area contributed by atoms with E-state index in [1.54, 1.807) is 0 Å². The third-order valence-electron chi connectivity index (χ3n) is 4.95. The first-order valence-corrected chi connectivity index (χ1v) is 9.82. The topological polar surface area (TPSA) is 52.1 Å². The van der Waals surface area contributed by atoms with Crippen LogP contribution in [0.1, 0.15) is 25.5 Å². The molecule has 146 valence electrons. The maximum absolute atomic E-state index is 5.40. The fraction of sp³-hybridized carbons (Fsp3) is 0.650. The van der Waals surface area contributed by atoms with E-state index in [9.17, 15) is 0 Å². The predicted molar refractivity (Wildman–Crippen MR) is 109 cm³/mol. The number of ether oxygens (including phenoxy) is 1. The van der Waals surface area contributed by atoms with Gasteiger partial charge in [0.05, 0.1) is 19.3 Å². The van der Waals surface area contributed by atoms with Crippen LogP contribution in [0, 0.1) is 0 Å². The molecule has 26 heavy (non-hydrogen) atoms. The molecule has 6 nitrogen and oxygen atoms in total. The first-order valence-electron chi connectivity index (χ1n) is 9.82. The normalized spacial score (nSPS) is 17.3. The third-order valence-corrected chi connectivity index (χ3v) is 4.95. The Morgan fingerprint density at radius 3 is 2.46 bits per heavy atom. The summed E-state index contributed by atoms with van der Waals surface area (Å²) in [5, 5.41) is 6.95. The highest BCUT2D eigenvalue weighted by molar-refractivity contribution is 5.79. The van der Waals surface area contributed by atoms with Crippen LogP contribution < -0.4 is 10.6 Å². The van der Waals surface area contributed by atoms with E-state index >= 15 is 0 Å². The molecule has 1 heterocycles. The Hall–Kier alpha value is -1.63. The van der Waals surface area contributed by atoms with E-state index < -0.39 is 0 Å². The minimum Gasteiger partial charge on any atom is -0.379 e. The zero-order chi connectivity index (χ0) is 18.6. The first-order chi connectivity index (χ1) is 12.8. The molecule has 1 aliphatic heterocycles. The second kappa shape index (κ2) is 11.9. The van der Waals surface area contributed by atoms with Crippen molar-refractivity contribution in [3.05, 3.63) is 35.9 Å². The van der Waals surface area contributed by atoms with E-state index in [0.29, 0.717) is 6.04 Å². The lowest BCUT2D eigenvalue weighted by Crippen LogP contribution is -2.46. The Balaban J connectivity index is 1.84. The van der Waals surface area contributed by atoms with Crippen LogP contribution in [0.5, 0.6) is 0 Å². The molecule has 0 aromatic heterocycles. The average molecular weight is 362 g/mol. The van der Waals surface area contributed by atoms with Gasteiger partial charge in [-0.1, -0.05) is 44.2 Å². The maximum atomic E-state index is 5.40. The molecule has 1 aliphatic rings. The van der Waals surface area contributed by atoms with E-state index in [-0.39, 0.29) is 0 Å². The van der Waals surface area contributed by atoms with Gasteiger partial charge in [0.25, 0.3) is 0 Å². The lowest BCUT2D eigenvalue weighted by Gasteiger charge is -2.31. The summed E-state index contributed by atoms with van der Waals surface area (Å²) in [5.41, 5.74) is 1.34. The maximum Gasteiger partial charge on any atom is 0.191 e. The lowest BCUT2D eigenvalue weighted by molar-refractivity contribution is 0.0389. The fourth-order valence-corrected chi connectivity index (χ4v) is 3.37. The van der Waals surface area contributed by atoms with Gasteiger partial charge in [-0.3, -0.25) is 14.8 Å². The van der Waals surface area contributed by atoms with Gasteiger partial charge in [-0.25, -0.2) is 0 Å². The summed E-state index contributed by atoms with van der Waals surface area (Å²) in [4.78, 5) is 9.28. The van der Waals surface area contributed by atoms with Crippen molar-refractivity contribution in [1.82, 2.24) is 20.4 Å². The first kappa shape index (κ1) is 20.7. The number of hydrogen-bond acceptors (Lipinski definition) is 4. The minimum atomic E-state index is 0.337. The molecule has 1 unspecified atom stereocenters. The average Bonchev–Trinajstić information content (AvgIpc) is 2.71. The lowest BCUT2D eigenvalue weighted by atomic mass is 10.1. The zero-order valence-electron chi connectivity index (χ0n) is 16.6. The molecule has 1 saturated heterocycles. The standard InChI is InChI=1S/C20H35N5O/c1-4-25(5-2)19(18-9-7-6-8-10-18)17-23-20(21-3)22-11-12-24-13-15-26-16-14-24/h6-10,19H,4-5,11-17H2,1-3H3,(H2,21,22,23). The monoisotopic (exact) mass is 361 g/mol. The van der Waals surface area contributed by atoms with Gasteiger partial charge in [0, 0.05) is 39.8 Å². The number of morpholine rings is 1. The molecule has 0 amide bonds. The Bertz CT molecular complexity index is 512. The van der Waals surface area contributed by atoms with Crippen molar-refractivity contribution in [3.8, 4) is 0 Å². The summed E-state index contributed by atoms with van der Waals surface area (Å²) < 4.78 is 5.40. The van der Waals surface area contributed by atoms with Crippen LogP contribution in [-0.4, -0.2) is 81.8 Å². The highest BCUT2D eigenvalue weighted by atomic mass is 16.5. The number of nitrogens with one attached hydrogen (secondary N) is 2. The second-order valence-electron chi connectivity index (χ2n) is 6.48. The van der Waals surface area contributed by atoms with Crippen LogP contribution in [0.15, 0.2) is 35.3 Å². The number of nitrogens with zero attached hydrogens (tertiary/aromatic N) is 3. The van der Waals surface area contributed by atoms with E-state index in [1.165, 1.54) is 5.56 Å². The van der Waals surface area contributed by atoms with Crippen molar-refractivity contribution in [2.75, 3.05) is 66.1 Å². The van der Waals surface area contributed by atoms with Gasteiger partial charge in [-0.15, -0.1) is 0 Å². The molecule has 2 N–H and O–H groups in total. The summed E-state index contributed by atoms with van der Waals surface area (Å²) in [7, 11) is 1.83. The van der Waals surface area contributed by atoms with Crippen LogP contribution in [0.4, 0.5) is 0 Å². The highest BCUT2D eigenvalue weighted by Crippen LogP contribution is 2.19. The molecule has 1 aromatic rings. The van der Waals surface area contributed by atoms with Crippen molar-refractivity contribution in [3.63, 3.8) is 0 Å². The molecule has 0 saturated carbocycles. The predicted octanol–water partition coefficient (Wildman–Crippen LogP) is 1.57. The molecule has 1 fully saturated rings. The number of benzene rings is 1. The van der Waals surface area contributed by atoms with Crippen LogP contribution in [-0.2, 0) is 4.74 Å². The van der Waals surface area contributed by atoms with Gasteiger partial charge >= 0.3 is 0 Å². The quantitative estimate of drug-likeness (QED) is 0.516. The van der Waals surface area contributed by atoms with Gasteiger partial charge in [-0.05, 0) is 18.7 Å². The summed E-state index contributed by atoms with van der Waals surface area (Å²) >= 11 is 0. The molecule has 0 aliphatic carbocycles. The van der Waals surface area contributed by atoms with Crippen molar-refractivity contribution in [2.45, 2.75) is 19.9 Å². The van der Waals surface area contributed by atoms with Crippen LogP contribution in [0.3, 0.4) is 0 Å². The molecule has 1 atom stereocenters. The third kappa shape index (κ3) is 6.59. The van der Waals surface area contributed by atoms with Gasteiger partial charge in [-0.2, -0.15) is 0 Å². The van der Waals surface area contributed by atoms with Crippen LogP contribution >= 0.6 is 0 Å². The summed E-state index contributed by atoms with van der Waals surface area (Å²) in [6, 6.07) is 11.0. The van der Waals surface area contributed by atoms with E-state index in [1.807, 2.05) is 7.05 Å². The summed E-state index contributed by atoms with van der Waals surface area (Å²) in [6.45, 7) is 13.0. The highest BCUT2D eigenvalue weighted by Gasteiger charge is 2.18. The SMILES string of the molecule is CCN(CC)C(CNC(=NC)NCCN1CCOCC1)c1ccccc1. The summed E-state index contributed by atoms with van der Waals surface area (Å²) in [5.74, 6) is 0.867. The number of aliphatic imine (C=N–C) groups is 1. The Morgan fingerprint density at radius 1 is 1.15 bits per heavy atom. The molecule has 0 radical (unpaired) electrons. The van der Waals surface area contributed by atoms with E-state index in [4.69, 9.17) is 4.74 Å². The van der Waals surface area contributed by atoms with Gasteiger partial charge < -0.3 is 15.4 Å². The number of likely N-dealkylation sites (N-methyl/N-ethyl adjacent to an activating group) is 1. The Morgan fingerprint density at radius 2 is 1.85 bits per heavy atom. The van der Waals surface area contributed by atoms with Crippen LogP contribution in [0.25, 0.3) is 0 Å². The van der Waals surface area contributed by atoms with Gasteiger partial charge in [0.1, 0.15) is 0 Å².